The SMILES string of the molecule is O=C(OCc1cccc(C(F)(F)F)c1)C1CCN(S(=O)(=O)c2ccccc2)CC1. The van der Waals surface area contributed by atoms with Crippen LogP contribution in [0.25, 0.3) is 0 Å². The maximum Gasteiger partial charge on any atom is 0.416 e. The van der Waals surface area contributed by atoms with E-state index < -0.39 is 33.7 Å². The molecule has 0 atom stereocenters. The number of carbonyl (C=O) groups excluding carboxylic acids is 1. The van der Waals surface area contributed by atoms with Gasteiger partial charge in [-0.15, -0.1) is 0 Å². The first-order valence-electron chi connectivity index (χ1n) is 9.06. The van der Waals surface area contributed by atoms with Crippen molar-refractivity contribution in [3.05, 3.63) is 65.7 Å². The monoisotopic (exact) mass is 427 g/mol. The van der Waals surface area contributed by atoms with Crippen LogP contribution in [0.5, 0.6) is 0 Å². The second-order valence-electron chi connectivity index (χ2n) is 6.80. The topological polar surface area (TPSA) is 63.7 Å². The number of hydrogen-bond acceptors (Lipinski definition) is 4. The lowest BCUT2D eigenvalue weighted by atomic mass is 9.98. The molecule has 1 fully saturated rings. The maximum absolute atomic E-state index is 12.8. The third-order valence-corrected chi connectivity index (χ3v) is 6.72. The number of hydrogen-bond donors (Lipinski definition) is 0. The van der Waals surface area contributed by atoms with E-state index in [4.69, 9.17) is 4.74 Å². The summed E-state index contributed by atoms with van der Waals surface area (Å²) in [7, 11) is -3.61. The number of rotatable bonds is 5. The molecule has 1 heterocycles. The molecule has 0 aromatic heterocycles. The summed E-state index contributed by atoms with van der Waals surface area (Å²) in [6, 6.07) is 12.7. The van der Waals surface area contributed by atoms with Gasteiger partial charge in [-0.25, -0.2) is 8.42 Å². The fourth-order valence-corrected chi connectivity index (χ4v) is 4.67. The van der Waals surface area contributed by atoms with E-state index in [0.717, 1.165) is 12.1 Å². The van der Waals surface area contributed by atoms with Crippen molar-refractivity contribution in [2.75, 3.05) is 13.1 Å². The Morgan fingerprint density at radius 2 is 1.69 bits per heavy atom. The van der Waals surface area contributed by atoms with E-state index in [0.29, 0.717) is 12.8 Å². The minimum Gasteiger partial charge on any atom is -0.461 e. The highest BCUT2D eigenvalue weighted by Crippen LogP contribution is 2.30. The van der Waals surface area contributed by atoms with Crippen LogP contribution in [0.3, 0.4) is 0 Å². The fourth-order valence-electron chi connectivity index (χ4n) is 3.18. The lowest BCUT2D eigenvalue weighted by Gasteiger charge is -2.30. The normalized spacial score (nSPS) is 16.5. The van der Waals surface area contributed by atoms with Crippen LogP contribution in [-0.4, -0.2) is 31.8 Å². The number of piperidine rings is 1. The molecule has 1 aliphatic rings. The van der Waals surface area contributed by atoms with Gasteiger partial charge in [0.1, 0.15) is 6.61 Å². The lowest BCUT2D eigenvalue weighted by Crippen LogP contribution is -2.40. The van der Waals surface area contributed by atoms with Gasteiger partial charge in [0.15, 0.2) is 0 Å². The molecule has 2 aromatic carbocycles. The Kier molecular flexibility index (Phi) is 6.28. The summed E-state index contributed by atoms with van der Waals surface area (Å²) < 4.78 is 70.0. The van der Waals surface area contributed by atoms with E-state index in [9.17, 15) is 26.4 Å². The third-order valence-electron chi connectivity index (χ3n) is 4.80. The molecule has 0 aliphatic carbocycles. The van der Waals surface area contributed by atoms with Crippen LogP contribution in [0.1, 0.15) is 24.0 Å². The van der Waals surface area contributed by atoms with Crippen molar-refractivity contribution < 1.29 is 31.1 Å². The van der Waals surface area contributed by atoms with E-state index in [-0.39, 0.29) is 30.2 Å². The van der Waals surface area contributed by atoms with Crippen molar-refractivity contribution in [2.45, 2.75) is 30.5 Å². The summed E-state index contributed by atoms with van der Waals surface area (Å²) in [5.41, 5.74) is -0.553. The van der Waals surface area contributed by atoms with Crippen molar-refractivity contribution in [1.29, 1.82) is 0 Å². The molecule has 0 radical (unpaired) electrons. The van der Waals surface area contributed by atoms with E-state index in [1.165, 1.54) is 28.6 Å². The molecule has 0 N–H and O–H groups in total. The Labute approximate surface area is 167 Å². The first-order chi connectivity index (χ1) is 13.7. The second-order valence-corrected chi connectivity index (χ2v) is 8.74. The van der Waals surface area contributed by atoms with Gasteiger partial charge in [-0.1, -0.05) is 30.3 Å². The molecule has 0 bridgehead atoms. The molecule has 9 heteroatoms. The van der Waals surface area contributed by atoms with Gasteiger partial charge in [0.2, 0.25) is 10.0 Å². The molecule has 0 amide bonds. The van der Waals surface area contributed by atoms with Gasteiger partial charge in [0.05, 0.1) is 16.4 Å². The number of nitrogens with zero attached hydrogens (tertiary/aromatic N) is 1. The predicted molar refractivity (Wildman–Crippen MR) is 99.2 cm³/mol. The molecule has 1 aliphatic heterocycles. The fraction of sp³-hybridized carbons (Fsp3) is 0.350. The Morgan fingerprint density at radius 1 is 1.03 bits per heavy atom. The summed E-state index contributed by atoms with van der Waals surface area (Å²) in [6.45, 7) is 0.104. The molecule has 0 saturated carbocycles. The van der Waals surface area contributed by atoms with Crippen LogP contribution >= 0.6 is 0 Å². The average molecular weight is 427 g/mol. The molecule has 3 rings (SSSR count). The first-order valence-corrected chi connectivity index (χ1v) is 10.5. The van der Waals surface area contributed by atoms with Crippen LogP contribution in [-0.2, 0) is 32.3 Å². The molecule has 0 unspecified atom stereocenters. The highest BCUT2D eigenvalue weighted by molar-refractivity contribution is 7.89. The smallest absolute Gasteiger partial charge is 0.416 e. The largest absolute Gasteiger partial charge is 0.461 e. The number of carbonyl (C=O) groups is 1. The van der Waals surface area contributed by atoms with Gasteiger partial charge in [-0.05, 0) is 42.7 Å². The van der Waals surface area contributed by atoms with Crippen molar-refractivity contribution in [3.63, 3.8) is 0 Å². The number of ether oxygens (including phenoxy) is 1. The minimum absolute atomic E-state index is 0.181. The van der Waals surface area contributed by atoms with E-state index in [1.807, 2.05) is 0 Å². The molecule has 29 heavy (non-hydrogen) atoms. The van der Waals surface area contributed by atoms with Gasteiger partial charge < -0.3 is 4.74 Å². The average Bonchev–Trinajstić information content (AvgIpc) is 2.72. The zero-order valence-corrected chi connectivity index (χ0v) is 16.2. The van der Waals surface area contributed by atoms with E-state index in [1.54, 1.807) is 18.2 Å². The Morgan fingerprint density at radius 3 is 2.31 bits per heavy atom. The summed E-state index contributed by atoms with van der Waals surface area (Å²) >= 11 is 0. The molecule has 0 spiro atoms. The predicted octanol–water partition coefficient (Wildman–Crippen LogP) is 3.85. The molecule has 1 saturated heterocycles. The minimum atomic E-state index is -4.46. The van der Waals surface area contributed by atoms with Crippen LogP contribution < -0.4 is 0 Å². The summed E-state index contributed by atoms with van der Waals surface area (Å²) in [5, 5.41) is 0. The lowest BCUT2D eigenvalue weighted by molar-refractivity contribution is -0.151. The quantitative estimate of drug-likeness (QED) is 0.680. The van der Waals surface area contributed by atoms with Gasteiger partial charge in [-0.3, -0.25) is 4.79 Å². The van der Waals surface area contributed by atoms with Crippen molar-refractivity contribution >= 4 is 16.0 Å². The van der Waals surface area contributed by atoms with Crippen LogP contribution in [0, 0.1) is 5.92 Å². The highest BCUT2D eigenvalue weighted by atomic mass is 32.2. The molecule has 2 aromatic rings. The number of esters is 1. The van der Waals surface area contributed by atoms with Gasteiger partial charge in [-0.2, -0.15) is 17.5 Å². The number of benzene rings is 2. The van der Waals surface area contributed by atoms with E-state index >= 15 is 0 Å². The van der Waals surface area contributed by atoms with Gasteiger partial charge >= 0.3 is 12.1 Å². The van der Waals surface area contributed by atoms with Crippen molar-refractivity contribution in [1.82, 2.24) is 4.31 Å². The molecular formula is C20H20F3NO4S. The summed E-state index contributed by atoms with van der Waals surface area (Å²) in [6.07, 6.45) is -3.86. The standard InChI is InChI=1S/C20H20F3NO4S/c21-20(22,23)17-6-4-5-15(13-17)14-28-19(25)16-9-11-24(12-10-16)29(26,27)18-7-2-1-3-8-18/h1-8,13,16H,9-12,14H2. The van der Waals surface area contributed by atoms with Crippen LogP contribution in [0.4, 0.5) is 13.2 Å². The summed E-state index contributed by atoms with van der Waals surface area (Å²) in [4.78, 5) is 12.5. The van der Waals surface area contributed by atoms with Crippen molar-refractivity contribution in [3.8, 4) is 0 Å². The Balaban J connectivity index is 1.54. The first kappa shape index (κ1) is 21.3. The zero-order valence-electron chi connectivity index (χ0n) is 15.4. The molecule has 5 nitrogen and oxygen atoms in total. The number of sulfonamides is 1. The third kappa shape index (κ3) is 5.16. The second kappa shape index (κ2) is 8.54. The van der Waals surface area contributed by atoms with Gasteiger partial charge in [0.25, 0.3) is 0 Å². The zero-order chi connectivity index (χ0) is 21.1. The molecular weight excluding hydrogens is 407 g/mol. The molecule has 156 valence electrons. The van der Waals surface area contributed by atoms with Crippen LogP contribution in [0.15, 0.2) is 59.5 Å². The number of halogens is 3. The number of alkyl halides is 3. The summed E-state index contributed by atoms with van der Waals surface area (Å²) in [5.74, 6) is -1.01. The van der Waals surface area contributed by atoms with Gasteiger partial charge in [0, 0.05) is 13.1 Å². The maximum atomic E-state index is 12.8. The highest BCUT2D eigenvalue weighted by Gasteiger charge is 2.33. The van der Waals surface area contributed by atoms with Crippen molar-refractivity contribution in [2.24, 2.45) is 5.92 Å². The van der Waals surface area contributed by atoms with E-state index in [2.05, 4.69) is 0 Å². The van der Waals surface area contributed by atoms with Crippen LogP contribution in [0.2, 0.25) is 0 Å². The Bertz CT molecular complexity index is 953. The Hall–Kier alpha value is -2.39.